The third-order valence-corrected chi connectivity index (χ3v) is 4.53. The van der Waals surface area contributed by atoms with E-state index in [-0.39, 0.29) is 31.7 Å². The summed E-state index contributed by atoms with van der Waals surface area (Å²) in [4.78, 5) is 2.10. The maximum Gasteiger partial charge on any atom is 0.240 e. The average Bonchev–Trinajstić information content (AvgIpc) is 2.92. The van der Waals surface area contributed by atoms with Crippen molar-refractivity contribution in [2.75, 3.05) is 33.0 Å². The number of ether oxygens (including phenoxy) is 2. The Morgan fingerprint density at radius 3 is 2.45 bits per heavy atom. The van der Waals surface area contributed by atoms with Crippen molar-refractivity contribution in [1.82, 2.24) is 10.2 Å². The molecule has 2 heterocycles. The number of hydrogen-bond acceptors (Lipinski definition) is 4. The molecule has 1 atom stereocenters. The molecule has 0 radical (unpaired) electrons. The zero-order chi connectivity index (χ0) is 14.8. The summed E-state index contributed by atoms with van der Waals surface area (Å²) in [6.45, 7) is 3.35. The molecule has 0 spiro atoms. The topological polar surface area (TPSA) is 33.7 Å². The second-order valence-corrected chi connectivity index (χ2v) is 6.01. The van der Waals surface area contributed by atoms with Gasteiger partial charge in [-0.1, -0.05) is 15.9 Å². The fraction of sp³-hybridized carbons (Fsp3) is 0.571. The van der Waals surface area contributed by atoms with E-state index in [1.807, 2.05) is 6.07 Å². The number of piperazine rings is 1. The van der Waals surface area contributed by atoms with Gasteiger partial charge in [-0.05, 0) is 17.7 Å². The Bertz CT molecular complexity index is 516. The van der Waals surface area contributed by atoms with E-state index in [0.29, 0.717) is 11.5 Å². The smallest absolute Gasteiger partial charge is 0.240 e. The molecule has 0 saturated carbocycles. The number of halogens is 4. The number of fused-ring (bicyclic) bond motifs is 1. The largest absolute Gasteiger partial charge is 0.454 e. The number of hydrogen-bond donors (Lipinski definition) is 1. The summed E-state index contributed by atoms with van der Waals surface area (Å²) in [5.74, 6) is 1.28. The van der Waals surface area contributed by atoms with E-state index in [4.69, 9.17) is 9.47 Å². The molecule has 1 fully saturated rings. The van der Waals surface area contributed by atoms with E-state index in [9.17, 15) is 8.78 Å². The lowest BCUT2D eigenvalue weighted by molar-refractivity contribution is 0.0735. The van der Waals surface area contributed by atoms with Gasteiger partial charge in [-0.3, -0.25) is 4.90 Å². The van der Waals surface area contributed by atoms with Crippen LogP contribution < -0.4 is 14.8 Å². The van der Waals surface area contributed by atoms with Gasteiger partial charge in [-0.2, -0.15) is 0 Å². The minimum absolute atomic E-state index is 0. The van der Waals surface area contributed by atoms with E-state index < -0.39 is 6.43 Å². The van der Waals surface area contributed by atoms with Crippen molar-refractivity contribution in [3.63, 3.8) is 0 Å². The second-order valence-electron chi connectivity index (χ2n) is 5.16. The Balaban J connectivity index is 0.00000176. The first kappa shape index (κ1) is 17.7. The summed E-state index contributed by atoms with van der Waals surface area (Å²) in [6, 6.07) is 3.30. The van der Waals surface area contributed by atoms with Crippen molar-refractivity contribution in [2.45, 2.75) is 18.9 Å². The van der Waals surface area contributed by atoms with Gasteiger partial charge >= 0.3 is 0 Å². The lowest BCUT2D eigenvalue weighted by Gasteiger charge is -2.35. The minimum Gasteiger partial charge on any atom is -0.454 e. The molecule has 0 bridgehead atoms. The first-order chi connectivity index (χ1) is 10.1. The van der Waals surface area contributed by atoms with Crippen LogP contribution in [-0.4, -0.2) is 44.3 Å². The van der Waals surface area contributed by atoms with Crippen LogP contribution in [0.2, 0.25) is 0 Å². The van der Waals surface area contributed by atoms with Crippen molar-refractivity contribution in [1.29, 1.82) is 0 Å². The maximum absolute atomic E-state index is 13.0. The Kier molecular flexibility index (Phi) is 6.26. The van der Waals surface area contributed by atoms with Gasteiger partial charge in [0.05, 0.1) is 0 Å². The molecule has 1 aromatic rings. The SMILES string of the molecule is Cl.FC(F)C[C@H](c1cc2c(cc1Br)OCO2)N1CCNCC1. The maximum atomic E-state index is 13.0. The molecule has 0 unspecified atom stereocenters. The quantitative estimate of drug-likeness (QED) is 0.843. The molecule has 1 N–H and O–H groups in total. The third-order valence-electron chi connectivity index (χ3n) is 3.84. The zero-order valence-corrected chi connectivity index (χ0v) is 14.3. The van der Waals surface area contributed by atoms with Gasteiger partial charge in [0.2, 0.25) is 13.2 Å². The first-order valence-electron chi connectivity index (χ1n) is 6.97. The molecular formula is C14H18BrClF2N2O2. The first-order valence-corrected chi connectivity index (χ1v) is 7.76. The molecule has 3 rings (SSSR count). The molecule has 0 aliphatic carbocycles. The summed E-state index contributed by atoms with van der Waals surface area (Å²) >= 11 is 3.48. The fourth-order valence-corrected chi connectivity index (χ4v) is 3.41. The summed E-state index contributed by atoms with van der Waals surface area (Å²) in [7, 11) is 0. The highest BCUT2D eigenvalue weighted by Gasteiger charge is 2.29. The van der Waals surface area contributed by atoms with Crippen LogP contribution in [-0.2, 0) is 0 Å². The molecule has 8 heteroatoms. The van der Waals surface area contributed by atoms with E-state index in [2.05, 4.69) is 26.1 Å². The summed E-state index contributed by atoms with van der Waals surface area (Å²) in [5.41, 5.74) is 0.835. The van der Waals surface area contributed by atoms with Crippen LogP contribution >= 0.6 is 28.3 Å². The normalized spacial score (nSPS) is 19.1. The molecule has 2 aliphatic heterocycles. The van der Waals surface area contributed by atoms with Crippen molar-refractivity contribution < 1.29 is 18.3 Å². The van der Waals surface area contributed by atoms with Crippen LogP contribution in [0.25, 0.3) is 0 Å². The molecule has 22 heavy (non-hydrogen) atoms. The molecular weight excluding hydrogens is 382 g/mol. The highest BCUT2D eigenvalue weighted by Crippen LogP contribution is 2.41. The highest BCUT2D eigenvalue weighted by molar-refractivity contribution is 9.10. The Hall–Kier alpha value is -0.630. The average molecular weight is 400 g/mol. The van der Waals surface area contributed by atoms with Crippen LogP contribution in [0.4, 0.5) is 8.78 Å². The van der Waals surface area contributed by atoms with Gasteiger partial charge in [-0.15, -0.1) is 12.4 Å². The number of alkyl halides is 2. The van der Waals surface area contributed by atoms with Crippen molar-refractivity contribution >= 4 is 28.3 Å². The molecule has 0 aromatic heterocycles. The molecule has 1 saturated heterocycles. The monoisotopic (exact) mass is 398 g/mol. The van der Waals surface area contributed by atoms with Crippen LogP contribution in [0.1, 0.15) is 18.0 Å². The summed E-state index contributed by atoms with van der Waals surface area (Å²) in [5, 5.41) is 3.25. The lowest BCUT2D eigenvalue weighted by atomic mass is 10.0. The van der Waals surface area contributed by atoms with Crippen molar-refractivity contribution in [2.24, 2.45) is 0 Å². The lowest BCUT2D eigenvalue weighted by Crippen LogP contribution is -2.45. The Morgan fingerprint density at radius 1 is 1.18 bits per heavy atom. The van der Waals surface area contributed by atoms with E-state index in [0.717, 1.165) is 36.2 Å². The van der Waals surface area contributed by atoms with E-state index in [1.54, 1.807) is 6.07 Å². The van der Waals surface area contributed by atoms with Gasteiger partial charge in [0.1, 0.15) is 0 Å². The van der Waals surface area contributed by atoms with Gasteiger partial charge < -0.3 is 14.8 Å². The van der Waals surface area contributed by atoms with Crippen LogP contribution in [0.3, 0.4) is 0 Å². The van der Waals surface area contributed by atoms with Crippen LogP contribution in [0.5, 0.6) is 11.5 Å². The molecule has 2 aliphatic rings. The molecule has 4 nitrogen and oxygen atoms in total. The predicted molar refractivity (Wildman–Crippen MR) is 85.3 cm³/mol. The molecule has 1 aromatic carbocycles. The predicted octanol–water partition coefficient (Wildman–Crippen LogP) is 3.20. The van der Waals surface area contributed by atoms with Crippen LogP contribution in [0, 0.1) is 0 Å². The van der Waals surface area contributed by atoms with E-state index >= 15 is 0 Å². The van der Waals surface area contributed by atoms with Crippen molar-refractivity contribution in [3.8, 4) is 11.5 Å². The van der Waals surface area contributed by atoms with Gasteiger partial charge in [0.25, 0.3) is 0 Å². The fourth-order valence-electron chi connectivity index (χ4n) is 2.82. The number of rotatable bonds is 4. The summed E-state index contributed by atoms with van der Waals surface area (Å²) in [6.07, 6.45) is -2.53. The standard InChI is InChI=1S/C14H17BrF2N2O2.ClH/c15-10-6-13-12(20-8-21-13)5-9(10)11(7-14(16)17)19-3-1-18-2-4-19;/h5-6,11,14,18H,1-4,7-8H2;1H/t11-;/m1./s1. The minimum atomic E-state index is -2.35. The van der Waals surface area contributed by atoms with Gasteiger partial charge in [0, 0.05) is 43.1 Å². The summed E-state index contributed by atoms with van der Waals surface area (Å²) < 4.78 is 37.5. The zero-order valence-electron chi connectivity index (χ0n) is 11.9. The third kappa shape index (κ3) is 3.82. The number of nitrogens with zero attached hydrogens (tertiary/aromatic N) is 1. The van der Waals surface area contributed by atoms with Gasteiger partial charge in [-0.25, -0.2) is 8.78 Å². The Labute approximate surface area is 142 Å². The highest BCUT2D eigenvalue weighted by atomic mass is 79.9. The Morgan fingerprint density at radius 2 is 1.82 bits per heavy atom. The second kappa shape index (κ2) is 7.77. The van der Waals surface area contributed by atoms with Crippen molar-refractivity contribution in [3.05, 3.63) is 22.2 Å². The molecule has 0 amide bonds. The number of benzene rings is 1. The molecule has 124 valence electrons. The van der Waals surface area contributed by atoms with Gasteiger partial charge in [0.15, 0.2) is 11.5 Å². The van der Waals surface area contributed by atoms with E-state index in [1.165, 1.54) is 0 Å². The van der Waals surface area contributed by atoms with Crippen LogP contribution in [0.15, 0.2) is 16.6 Å². The number of nitrogens with one attached hydrogen (secondary N) is 1.